The molecular formula is C23H26ClN3O3. The van der Waals surface area contributed by atoms with Gasteiger partial charge in [0.05, 0.1) is 13.2 Å². The van der Waals surface area contributed by atoms with Gasteiger partial charge in [0.15, 0.2) is 0 Å². The van der Waals surface area contributed by atoms with Gasteiger partial charge in [-0.1, -0.05) is 48.5 Å². The lowest BCUT2D eigenvalue weighted by atomic mass is 9.84. The smallest absolute Gasteiger partial charge is 0.317 e. The molecule has 0 aromatic heterocycles. The number of nitrogens with zero attached hydrogens (tertiary/aromatic N) is 2. The summed E-state index contributed by atoms with van der Waals surface area (Å²) in [6, 6.07) is 16.4. The van der Waals surface area contributed by atoms with Crippen molar-refractivity contribution >= 4 is 23.5 Å². The molecule has 2 aromatic carbocycles. The Labute approximate surface area is 181 Å². The predicted octanol–water partition coefficient (Wildman–Crippen LogP) is 2.94. The first kappa shape index (κ1) is 20.7. The van der Waals surface area contributed by atoms with E-state index < -0.39 is 0 Å². The minimum atomic E-state index is -0.0643. The molecule has 2 aliphatic heterocycles. The maximum Gasteiger partial charge on any atom is 0.317 e. The number of nitrogens with one attached hydrogen (secondary N) is 1. The van der Waals surface area contributed by atoms with Crippen LogP contribution in [-0.2, 0) is 22.6 Å². The van der Waals surface area contributed by atoms with E-state index >= 15 is 0 Å². The maximum absolute atomic E-state index is 12.4. The van der Waals surface area contributed by atoms with Crippen LogP contribution in [-0.4, -0.2) is 60.5 Å². The van der Waals surface area contributed by atoms with E-state index in [2.05, 4.69) is 29.6 Å². The topological polar surface area (TPSA) is 61.9 Å². The summed E-state index contributed by atoms with van der Waals surface area (Å²) in [7, 11) is 0. The van der Waals surface area contributed by atoms with Crippen LogP contribution in [0.2, 0.25) is 0 Å². The minimum absolute atomic E-state index is 0.0114. The summed E-state index contributed by atoms with van der Waals surface area (Å²) in [5, 5.41) is 3.00. The highest BCUT2D eigenvalue weighted by atomic mass is 35.5. The third kappa shape index (κ3) is 4.60. The summed E-state index contributed by atoms with van der Waals surface area (Å²) in [6.45, 7) is 4.07. The third-order valence-corrected chi connectivity index (χ3v) is 5.99. The Morgan fingerprint density at radius 2 is 1.87 bits per heavy atom. The van der Waals surface area contributed by atoms with Crippen LogP contribution in [0, 0.1) is 0 Å². The molecule has 158 valence electrons. The van der Waals surface area contributed by atoms with Crippen LogP contribution < -0.4 is 5.32 Å². The van der Waals surface area contributed by atoms with Crippen molar-refractivity contribution in [3.05, 3.63) is 70.8 Å². The summed E-state index contributed by atoms with van der Waals surface area (Å²) >= 11 is 5.82. The molecule has 1 unspecified atom stereocenters. The number of carbonyl (C=O) groups excluding carboxylic acids is 2. The largest absolute Gasteiger partial charge is 0.378 e. The van der Waals surface area contributed by atoms with E-state index in [4.69, 9.17) is 16.3 Å². The number of rotatable bonds is 4. The molecular weight excluding hydrogens is 402 g/mol. The van der Waals surface area contributed by atoms with Crippen molar-refractivity contribution < 1.29 is 14.3 Å². The molecule has 1 atom stereocenters. The molecule has 7 heteroatoms. The van der Waals surface area contributed by atoms with Crippen LogP contribution in [0.4, 0.5) is 4.79 Å². The average Bonchev–Trinajstić information content (AvgIpc) is 2.82. The molecule has 2 heterocycles. The Hall–Kier alpha value is -2.57. The molecule has 0 radical (unpaired) electrons. The molecule has 2 aliphatic rings. The number of halogens is 1. The molecule has 0 aliphatic carbocycles. The van der Waals surface area contributed by atoms with Crippen molar-refractivity contribution in [1.29, 1.82) is 0 Å². The van der Waals surface area contributed by atoms with Crippen LogP contribution in [0.25, 0.3) is 0 Å². The number of urea groups is 1. The van der Waals surface area contributed by atoms with Gasteiger partial charge < -0.3 is 19.9 Å². The van der Waals surface area contributed by atoms with E-state index in [1.54, 1.807) is 4.90 Å². The zero-order valence-corrected chi connectivity index (χ0v) is 17.6. The van der Waals surface area contributed by atoms with Crippen LogP contribution in [0.1, 0.15) is 28.2 Å². The quantitative estimate of drug-likeness (QED) is 0.763. The molecule has 1 saturated heterocycles. The fourth-order valence-corrected chi connectivity index (χ4v) is 4.31. The van der Waals surface area contributed by atoms with Crippen molar-refractivity contribution in [1.82, 2.24) is 15.1 Å². The number of hydrogen-bond donors (Lipinski definition) is 1. The molecule has 0 spiro atoms. The average molecular weight is 428 g/mol. The number of alkyl halides is 1. The highest BCUT2D eigenvalue weighted by Gasteiger charge is 2.28. The lowest BCUT2D eigenvalue weighted by Gasteiger charge is -2.35. The summed E-state index contributed by atoms with van der Waals surface area (Å²) < 4.78 is 5.30. The van der Waals surface area contributed by atoms with Crippen LogP contribution in [0.5, 0.6) is 0 Å². The second-order valence-corrected chi connectivity index (χ2v) is 7.93. The molecule has 4 rings (SSSR count). The fourth-order valence-electron chi connectivity index (χ4n) is 4.14. The molecule has 1 N–H and O–H groups in total. The molecule has 0 bridgehead atoms. The molecule has 6 nitrogen and oxygen atoms in total. The SMILES string of the molecule is O=C(CCl)N1Cc2ccccc2C(c2cccc(CNC(=O)N3CCOCC3)c2)C1. The number of fused-ring (bicyclic) bond motifs is 1. The van der Waals surface area contributed by atoms with Crippen LogP contribution >= 0.6 is 11.6 Å². The number of ether oxygens (including phenoxy) is 1. The normalized spacial score (nSPS) is 18.6. The highest BCUT2D eigenvalue weighted by Crippen LogP contribution is 2.34. The van der Waals surface area contributed by atoms with Gasteiger partial charge in [-0.3, -0.25) is 4.79 Å². The van der Waals surface area contributed by atoms with Crippen molar-refractivity contribution in [3.8, 4) is 0 Å². The number of morpholine rings is 1. The first-order valence-corrected chi connectivity index (χ1v) is 10.8. The van der Waals surface area contributed by atoms with Gasteiger partial charge in [-0.15, -0.1) is 11.6 Å². The number of amides is 3. The van der Waals surface area contributed by atoms with Gasteiger partial charge in [0.2, 0.25) is 5.91 Å². The number of carbonyl (C=O) groups is 2. The first-order chi connectivity index (χ1) is 14.7. The Balaban J connectivity index is 1.51. The third-order valence-electron chi connectivity index (χ3n) is 5.76. The molecule has 2 aromatic rings. The highest BCUT2D eigenvalue weighted by molar-refractivity contribution is 6.27. The van der Waals surface area contributed by atoms with E-state index in [0.717, 1.165) is 16.7 Å². The van der Waals surface area contributed by atoms with Gasteiger partial charge >= 0.3 is 6.03 Å². The van der Waals surface area contributed by atoms with E-state index in [9.17, 15) is 9.59 Å². The fraction of sp³-hybridized carbons (Fsp3) is 0.391. The summed E-state index contributed by atoms with van der Waals surface area (Å²) in [5.74, 6) is 0.0183. The molecule has 30 heavy (non-hydrogen) atoms. The molecule has 3 amide bonds. The minimum Gasteiger partial charge on any atom is -0.378 e. The van der Waals surface area contributed by atoms with E-state index in [1.807, 2.05) is 29.2 Å². The zero-order chi connectivity index (χ0) is 20.9. The van der Waals surface area contributed by atoms with Crippen LogP contribution in [0.3, 0.4) is 0 Å². The Kier molecular flexibility index (Phi) is 6.55. The van der Waals surface area contributed by atoms with Crippen molar-refractivity contribution in [2.45, 2.75) is 19.0 Å². The van der Waals surface area contributed by atoms with Gasteiger partial charge in [-0.2, -0.15) is 0 Å². The lowest BCUT2D eigenvalue weighted by Crippen LogP contribution is -2.45. The zero-order valence-electron chi connectivity index (χ0n) is 16.9. The second kappa shape index (κ2) is 9.49. The Bertz CT molecular complexity index is 914. The molecule has 1 fully saturated rings. The monoisotopic (exact) mass is 427 g/mol. The van der Waals surface area contributed by atoms with Crippen molar-refractivity contribution in [2.75, 3.05) is 38.7 Å². The number of hydrogen-bond acceptors (Lipinski definition) is 3. The van der Waals surface area contributed by atoms with Gasteiger partial charge in [0.25, 0.3) is 0 Å². The lowest BCUT2D eigenvalue weighted by molar-refractivity contribution is -0.129. The van der Waals surface area contributed by atoms with Crippen LogP contribution in [0.15, 0.2) is 48.5 Å². The summed E-state index contributed by atoms with van der Waals surface area (Å²) in [5.41, 5.74) is 4.56. The van der Waals surface area contributed by atoms with E-state index in [0.29, 0.717) is 45.9 Å². The van der Waals surface area contributed by atoms with Crippen molar-refractivity contribution in [2.24, 2.45) is 0 Å². The van der Waals surface area contributed by atoms with Gasteiger partial charge in [-0.05, 0) is 22.3 Å². The Morgan fingerprint density at radius 3 is 2.67 bits per heavy atom. The van der Waals surface area contributed by atoms with Gasteiger partial charge in [-0.25, -0.2) is 4.79 Å². The second-order valence-electron chi connectivity index (χ2n) is 7.66. The van der Waals surface area contributed by atoms with Gasteiger partial charge in [0, 0.05) is 38.6 Å². The first-order valence-electron chi connectivity index (χ1n) is 10.3. The Morgan fingerprint density at radius 1 is 1.07 bits per heavy atom. The standard InChI is InChI=1S/C23H26ClN3O3/c24-13-22(28)27-15-19-5-1-2-7-20(19)21(16-27)18-6-3-4-17(12-18)14-25-23(29)26-8-10-30-11-9-26/h1-7,12,21H,8-11,13-16H2,(H,25,29). The van der Waals surface area contributed by atoms with E-state index in [-0.39, 0.29) is 23.7 Å². The molecule has 0 saturated carbocycles. The van der Waals surface area contributed by atoms with Crippen molar-refractivity contribution in [3.63, 3.8) is 0 Å². The van der Waals surface area contributed by atoms with Gasteiger partial charge in [0.1, 0.15) is 5.88 Å². The number of benzene rings is 2. The summed E-state index contributed by atoms with van der Waals surface area (Å²) in [6.07, 6.45) is 0. The van der Waals surface area contributed by atoms with E-state index in [1.165, 1.54) is 5.56 Å². The maximum atomic E-state index is 12.4. The summed E-state index contributed by atoms with van der Waals surface area (Å²) in [4.78, 5) is 28.3. The predicted molar refractivity (Wildman–Crippen MR) is 115 cm³/mol.